The van der Waals surface area contributed by atoms with Gasteiger partial charge in [0.05, 0.1) is 0 Å². The molecular formula is C15H24ClN5. The molecule has 0 saturated carbocycles. The lowest BCUT2D eigenvalue weighted by Crippen LogP contribution is -2.25. The summed E-state index contributed by atoms with van der Waals surface area (Å²) >= 11 is 6.00. The molecule has 5 nitrogen and oxygen atoms in total. The summed E-state index contributed by atoms with van der Waals surface area (Å²) in [6.07, 6.45) is 8.50. The molecule has 0 aromatic carbocycles. The summed E-state index contributed by atoms with van der Waals surface area (Å²) in [4.78, 5) is 14.8. The van der Waals surface area contributed by atoms with Crippen molar-refractivity contribution in [2.24, 2.45) is 0 Å². The summed E-state index contributed by atoms with van der Waals surface area (Å²) in [5.41, 5.74) is 1.54. The second-order valence-electron chi connectivity index (χ2n) is 5.19. The minimum Gasteiger partial charge on any atom is -0.354 e. The molecule has 1 aromatic rings. The summed E-state index contributed by atoms with van der Waals surface area (Å²) < 4.78 is 0. The molecule has 0 spiro atoms. The van der Waals surface area contributed by atoms with Crippen molar-refractivity contribution in [3.8, 4) is 0 Å². The predicted octanol–water partition coefficient (Wildman–Crippen LogP) is 3.67. The van der Waals surface area contributed by atoms with Crippen LogP contribution in [0.1, 0.15) is 46.0 Å². The van der Waals surface area contributed by atoms with Crippen LogP contribution in [0.2, 0.25) is 5.28 Å². The molecule has 1 aliphatic carbocycles. The first kappa shape index (κ1) is 16.0. The van der Waals surface area contributed by atoms with E-state index in [2.05, 4.69) is 45.1 Å². The van der Waals surface area contributed by atoms with Gasteiger partial charge in [-0.15, -0.1) is 0 Å². The van der Waals surface area contributed by atoms with E-state index in [1.54, 1.807) is 0 Å². The van der Waals surface area contributed by atoms with Crippen LogP contribution in [-0.2, 0) is 0 Å². The highest BCUT2D eigenvalue weighted by atomic mass is 35.5. The second kappa shape index (κ2) is 8.17. The van der Waals surface area contributed by atoms with Crippen LogP contribution in [0.3, 0.4) is 0 Å². The molecule has 116 valence electrons. The average Bonchev–Trinajstić information content (AvgIpc) is 2.49. The van der Waals surface area contributed by atoms with Gasteiger partial charge in [0.25, 0.3) is 0 Å². The fraction of sp³-hybridized carbons (Fsp3) is 0.667. The smallest absolute Gasteiger partial charge is 0.231 e. The van der Waals surface area contributed by atoms with Crippen molar-refractivity contribution in [2.45, 2.75) is 46.0 Å². The lowest BCUT2D eigenvalue weighted by atomic mass is 9.97. The number of hydrogen-bond acceptors (Lipinski definition) is 5. The molecule has 2 rings (SSSR count). The SMILES string of the molecule is CCN(CC)c1nc(Cl)nc(NCCC2=CCCCC2)n1. The highest BCUT2D eigenvalue weighted by Gasteiger charge is 2.10. The zero-order valence-corrected chi connectivity index (χ0v) is 13.7. The van der Waals surface area contributed by atoms with E-state index in [9.17, 15) is 0 Å². The molecule has 0 saturated heterocycles. The van der Waals surface area contributed by atoms with Crippen LogP contribution >= 0.6 is 11.6 Å². The van der Waals surface area contributed by atoms with Crippen molar-refractivity contribution >= 4 is 23.5 Å². The number of aromatic nitrogens is 3. The summed E-state index contributed by atoms with van der Waals surface area (Å²) in [6, 6.07) is 0. The number of rotatable bonds is 7. The van der Waals surface area contributed by atoms with Crippen LogP contribution in [-0.4, -0.2) is 34.6 Å². The molecule has 0 bridgehead atoms. The zero-order valence-electron chi connectivity index (χ0n) is 12.9. The molecule has 1 aromatic heterocycles. The van der Waals surface area contributed by atoms with Crippen LogP contribution in [0.4, 0.5) is 11.9 Å². The van der Waals surface area contributed by atoms with E-state index in [1.165, 1.54) is 31.3 Å². The Bertz CT molecular complexity index is 485. The molecule has 0 aliphatic heterocycles. The Morgan fingerprint density at radius 2 is 2.00 bits per heavy atom. The maximum Gasteiger partial charge on any atom is 0.231 e. The molecule has 0 atom stereocenters. The molecule has 0 radical (unpaired) electrons. The van der Waals surface area contributed by atoms with Gasteiger partial charge in [0.2, 0.25) is 17.2 Å². The minimum atomic E-state index is 0.242. The maximum absolute atomic E-state index is 6.00. The van der Waals surface area contributed by atoms with Gasteiger partial charge in [0, 0.05) is 19.6 Å². The Morgan fingerprint density at radius 1 is 1.19 bits per heavy atom. The monoisotopic (exact) mass is 309 g/mol. The molecule has 6 heteroatoms. The number of hydrogen-bond donors (Lipinski definition) is 1. The van der Waals surface area contributed by atoms with E-state index in [-0.39, 0.29) is 5.28 Å². The number of anilines is 2. The Labute approximate surface area is 131 Å². The first-order chi connectivity index (χ1) is 10.2. The standard InChI is InChI=1S/C15H24ClN5/c1-3-21(4-2)15-19-13(16)18-14(20-15)17-11-10-12-8-6-5-7-9-12/h8H,3-7,9-11H2,1-2H3,(H,17,18,19,20). The van der Waals surface area contributed by atoms with E-state index in [0.717, 1.165) is 26.1 Å². The second-order valence-corrected chi connectivity index (χ2v) is 5.52. The maximum atomic E-state index is 6.00. The van der Waals surface area contributed by atoms with Crippen molar-refractivity contribution in [3.05, 3.63) is 16.9 Å². The van der Waals surface area contributed by atoms with Gasteiger partial charge in [-0.3, -0.25) is 0 Å². The lowest BCUT2D eigenvalue weighted by molar-refractivity contribution is 0.679. The van der Waals surface area contributed by atoms with Crippen molar-refractivity contribution in [3.63, 3.8) is 0 Å². The molecule has 0 unspecified atom stereocenters. The van der Waals surface area contributed by atoms with Crippen molar-refractivity contribution in [2.75, 3.05) is 29.9 Å². The quantitative estimate of drug-likeness (QED) is 0.779. The van der Waals surface area contributed by atoms with E-state index in [1.807, 2.05) is 0 Å². The fourth-order valence-electron chi connectivity index (χ4n) is 2.53. The number of allylic oxidation sites excluding steroid dienone is 1. The minimum absolute atomic E-state index is 0.242. The van der Waals surface area contributed by atoms with Crippen molar-refractivity contribution < 1.29 is 0 Å². The van der Waals surface area contributed by atoms with Crippen LogP contribution in [0.25, 0.3) is 0 Å². The molecule has 0 fully saturated rings. The van der Waals surface area contributed by atoms with Crippen molar-refractivity contribution in [1.29, 1.82) is 0 Å². The number of nitrogens with one attached hydrogen (secondary N) is 1. The Hall–Kier alpha value is -1.36. The van der Waals surface area contributed by atoms with E-state index < -0.39 is 0 Å². The molecule has 21 heavy (non-hydrogen) atoms. The highest BCUT2D eigenvalue weighted by molar-refractivity contribution is 6.28. The lowest BCUT2D eigenvalue weighted by Gasteiger charge is -2.19. The number of nitrogens with zero attached hydrogens (tertiary/aromatic N) is 4. The van der Waals surface area contributed by atoms with Gasteiger partial charge in [-0.1, -0.05) is 11.6 Å². The summed E-state index contributed by atoms with van der Waals surface area (Å²) in [5.74, 6) is 1.20. The summed E-state index contributed by atoms with van der Waals surface area (Å²) in [7, 11) is 0. The van der Waals surface area contributed by atoms with Gasteiger partial charge in [0.15, 0.2) is 0 Å². The van der Waals surface area contributed by atoms with Crippen LogP contribution < -0.4 is 10.2 Å². The topological polar surface area (TPSA) is 53.9 Å². The molecule has 0 amide bonds. The van der Waals surface area contributed by atoms with Gasteiger partial charge < -0.3 is 10.2 Å². The third kappa shape index (κ3) is 4.84. The molecular weight excluding hydrogens is 286 g/mol. The normalized spacial score (nSPS) is 14.7. The van der Waals surface area contributed by atoms with Gasteiger partial charge in [-0.25, -0.2) is 0 Å². The van der Waals surface area contributed by atoms with Crippen LogP contribution in [0.5, 0.6) is 0 Å². The highest BCUT2D eigenvalue weighted by Crippen LogP contribution is 2.20. The predicted molar refractivity (Wildman–Crippen MR) is 88.1 cm³/mol. The fourth-order valence-corrected chi connectivity index (χ4v) is 2.69. The Morgan fingerprint density at radius 3 is 2.67 bits per heavy atom. The molecule has 1 aliphatic rings. The van der Waals surface area contributed by atoms with Crippen LogP contribution in [0, 0.1) is 0 Å². The van der Waals surface area contributed by atoms with E-state index in [4.69, 9.17) is 11.6 Å². The largest absolute Gasteiger partial charge is 0.354 e. The van der Waals surface area contributed by atoms with Crippen LogP contribution in [0.15, 0.2) is 11.6 Å². The van der Waals surface area contributed by atoms with E-state index >= 15 is 0 Å². The first-order valence-electron chi connectivity index (χ1n) is 7.81. The summed E-state index contributed by atoms with van der Waals surface area (Å²) in [6.45, 7) is 6.68. The zero-order chi connectivity index (χ0) is 15.1. The van der Waals surface area contributed by atoms with E-state index in [0.29, 0.717) is 11.9 Å². The Balaban J connectivity index is 1.94. The first-order valence-corrected chi connectivity index (χ1v) is 8.19. The molecule has 1 N–H and O–H groups in total. The van der Waals surface area contributed by atoms with Crippen molar-refractivity contribution in [1.82, 2.24) is 15.0 Å². The Kier molecular flexibility index (Phi) is 6.23. The van der Waals surface area contributed by atoms with Gasteiger partial charge in [-0.05, 0) is 57.6 Å². The summed E-state index contributed by atoms with van der Waals surface area (Å²) in [5, 5.41) is 3.50. The van der Waals surface area contributed by atoms with Gasteiger partial charge in [0.1, 0.15) is 0 Å². The average molecular weight is 310 g/mol. The third-order valence-corrected chi connectivity index (χ3v) is 3.93. The van der Waals surface area contributed by atoms with Gasteiger partial charge >= 0.3 is 0 Å². The number of halogens is 1. The third-order valence-electron chi connectivity index (χ3n) is 3.76. The molecule has 1 heterocycles. The van der Waals surface area contributed by atoms with Gasteiger partial charge in [-0.2, -0.15) is 15.0 Å².